The van der Waals surface area contributed by atoms with Gasteiger partial charge in [0.05, 0.1) is 24.4 Å². The van der Waals surface area contributed by atoms with Crippen LogP contribution >= 0.6 is 11.6 Å². The van der Waals surface area contributed by atoms with Crippen LogP contribution in [0.3, 0.4) is 0 Å². The fraction of sp³-hybridized carbons (Fsp3) is 0.357. The molecule has 2 aromatic rings. The standard InChI is InChI=1S/C14H17ClN4O2/c1-4-16-12-6-5-10(15)11(18-12)8-19-13(20)7-9(2)17-14(19)21-3/h5-7H,4,8H2,1-3H3,(H,16,18). The molecule has 0 atom stereocenters. The van der Waals surface area contributed by atoms with Crippen molar-refractivity contribution >= 4 is 17.4 Å². The lowest BCUT2D eigenvalue weighted by atomic mass is 10.3. The molecule has 0 fully saturated rings. The molecule has 0 aromatic carbocycles. The number of hydrogen-bond acceptors (Lipinski definition) is 5. The zero-order valence-corrected chi connectivity index (χ0v) is 12.9. The topological polar surface area (TPSA) is 69.0 Å². The summed E-state index contributed by atoms with van der Waals surface area (Å²) in [5, 5.41) is 3.60. The van der Waals surface area contributed by atoms with Crippen LogP contribution in [0.15, 0.2) is 23.0 Å². The second kappa shape index (κ2) is 6.58. The highest BCUT2D eigenvalue weighted by molar-refractivity contribution is 6.31. The minimum Gasteiger partial charge on any atom is -0.468 e. The molecule has 0 saturated heterocycles. The van der Waals surface area contributed by atoms with Gasteiger partial charge < -0.3 is 10.1 Å². The first kappa shape index (κ1) is 15.3. The van der Waals surface area contributed by atoms with Gasteiger partial charge in [-0.05, 0) is 26.0 Å². The number of anilines is 1. The van der Waals surface area contributed by atoms with Crippen molar-refractivity contribution in [3.63, 3.8) is 0 Å². The maximum atomic E-state index is 12.1. The first-order chi connectivity index (χ1) is 10.0. The van der Waals surface area contributed by atoms with E-state index >= 15 is 0 Å². The predicted molar refractivity (Wildman–Crippen MR) is 82.3 cm³/mol. The first-order valence-electron chi connectivity index (χ1n) is 6.57. The molecule has 0 unspecified atom stereocenters. The van der Waals surface area contributed by atoms with Gasteiger partial charge in [0.15, 0.2) is 0 Å². The molecule has 2 rings (SSSR count). The fourth-order valence-electron chi connectivity index (χ4n) is 1.92. The van der Waals surface area contributed by atoms with Crippen molar-refractivity contribution in [1.82, 2.24) is 14.5 Å². The molecular formula is C14H17ClN4O2. The Morgan fingerprint density at radius 3 is 2.81 bits per heavy atom. The van der Waals surface area contributed by atoms with Crippen LogP contribution in [0.25, 0.3) is 0 Å². The van der Waals surface area contributed by atoms with Gasteiger partial charge in [-0.1, -0.05) is 11.6 Å². The minimum atomic E-state index is -0.203. The zero-order valence-electron chi connectivity index (χ0n) is 12.2. The third-order valence-corrected chi connectivity index (χ3v) is 3.21. The average molecular weight is 309 g/mol. The van der Waals surface area contributed by atoms with Crippen LogP contribution in [0, 0.1) is 6.92 Å². The van der Waals surface area contributed by atoms with Crippen molar-refractivity contribution in [2.24, 2.45) is 0 Å². The molecule has 21 heavy (non-hydrogen) atoms. The predicted octanol–water partition coefficient (Wildman–Crippen LogP) is 2.09. The summed E-state index contributed by atoms with van der Waals surface area (Å²) in [7, 11) is 1.47. The molecule has 1 N–H and O–H groups in total. The van der Waals surface area contributed by atoms with Crippen LogP contribution in [-0.4, -0.2) is 28.2 Å². The van der Waals surface area contributed by atoms with E-state index in [0.29, 0.717) is 22.2 Å². The van der Waals surface area contributed by atoms with E-state index in [-0.39, 0.29) is 18.1 Å². The number of rotatable bonds is 5. The summed E-state index contributed by atoms with van der Waals surface area (Å²) >= 11 is 6.16. The molecule has 0 saturated carbocycles. The van der Waals surface area contributed by atoms with Gasteiger partial charge in [0, 0.05) is 18.3 Å². The average Bonchev–Trinajstić information content (AvgIpc) is 2.45. The normalized spacial score (nSPS) is 10.5. The fourth-order valence-corrected chi connectivity index (χ4v) is 2.09. The highest BCUT2D eigenvalue weighted by Crippen LogP contribution is 2.18. The molecule has 0 spiro atoms. The Labute approximate surface area is 127 Å². The molecule has 0 aliphatic carbocycles. The Morgan fingerprint density at radius 1 is 1.38 bits per heavy atom. The molecule has 0 bridgehead atoms. The Hall–Kier alpha value is -2.08. The Balaban J connectivity index is 2.42. The number of nitrogens with one attached hydrogen (secondary N) is 1. The van der Waals surface area contributed by atoms with Crippen LogP contribution in [0.2, 0.25) is 5.02 Å². The van der Waals surface area contributed by atoms with Gasteiger partial charge in [-0.25, -0.2) is 9.97 Å². The summed E-state index contributed by atoms with van der Waals surface area (Å²) in [6.07, 6.45) is 0. The van der Waals surface area contributed by atoms with Gasteiger partial charge in [-0.15, -0.1) is 0 Å². The number of aryl methyl sites for hydroxylation is 1. The van der Waals surface area contributed by atoms with Gasteiger partial charge in [0.1, 0.15) is 5.82 Å². The van der Waals surface area contributed by atoms with Crippen molar-refractivity contribution in [2.45, 2.75) is 20.4 Å². The van der Waals surface area contributed by atoms with Gasteiger partial charge in [0.2, 0.25) is 0 Å². The summed E-state index contributed by atoms with van der Waals surface area (Å²) in [5.41, 5.74) is 0.987. The third kappa shape index (κ3) is 3.52. The number of pyridine rings is 1. The lowest BCUT2D eigenvalue weighted by Crippen LogP contribution is -2.24. The summed E-state index contributed by atoms with van der Waals surface area (Å²) in [5.74, 6) is 0.712. The molecule has 7 heteroatoms. The molecular weight excluding hydrogens is 292 g/mol. The Kier molecular flexibility index (Phi) is 4.80. The van der Waals surface area contributed by atoms with Crippen LogP contribution in [0.4, 0.5) is 5.82 Å². The van der Waals surface area contributed by atoms with Crippen molar-refractivity contribution < 1.29 is 4.74 Å². The van der Waals surface area contributed by atoms with Gasteiger partial charge in [-0.2, -0.15) is 0 Å². The minimum absolute atomic E-state index is 0.202. The van der Waals surface area contributed by atoms with E-state index < -0.39 is 0 Å². The van der Waals surface area contributed by atoms with E-state index in [2.05, 4.69) is 15.3 Å². The quantitative estimate of drug-likeness (QED) is 0.916. The number of methoxy groups -OCH3 is 1. The van der Waals surface area contributed by atoms with E-state index in [1.165, 1.54) is 17.7 Å². The molecule has 0 radical (unpaired) electrons. The van der Waals surface area contributed by atoms with Gasteiger partial charge in [-0.3, -0.25) is 9.36 Å². The summed E-state index contributed by atoms with van der Waals surface area (Å²) in [6.45, 7) is 4.68. The largest absolute Gasteiger partial charge is 0.468 e. The summed E-state index contributed by atoms with van der Waals surface area (Å²) in [4.78, 5) is 20.7. The second-order valence-electron chi connectivity index (χ2n) is 4.46. The lowest BCUT2D eigenvalue weighted by molar-refractivity contribution is 0.349. The SMILES string of the molecule is CCNc1ccc(Cl)c(Cn2c(OC)nc(C)cc2=O)n1. The molecule has 2 aromatic heterocycles. The molecule has 0 amide bonds. The summed E-state index contributed by atoms with van der Waals surface area (Å²) in [6, 6.07) is 5.24. The van der Waals surface area contributed by atoms with Crippen LogP contribution in [-0.2, 0) is 6.54 Å². The van der Waals surface area contributed by atoms with Crippen LogP contribution in [0.1, 0.15) is 18.3 Å². The van der Waals surface area contributed by atoms with Gasteiger partial charge in [0.25, 0.3) is 11.6 Å². The van der Waals surface area contributed by atoms with Crippen LogP contribution in [0.5, 0.6) is 6.01 Å². The lowest BCUT2D eigenvalue weighted by Gasteiger charge is -2.12. The van der Waals surface area contributed by atoms with E-state index in [9.17, 15) is 4.79 Å². The zero-order chi connectivity index (χ0) is 15.4. The molecule has 0 aliphatic heterocycles. The number of hydrogen-bond donors (Lipinski definition) is 1. The highest BCUT2D eigenvalue weighted by atomic mass is 35.5. The Bertz CT molecular complexity index is 700. The number of nitrogens with zero attached hydrogens (tertiary/aromatic N) is 3. The monoisotopic (exact) mass is 308 g/mol. The smallest absolute Gasteiger partial charge is 0.299 e. The van der Waals surface area contributed by atoms with E-state index in [4.69, 9.17) is 16.3 Å². The van der Waals surface area contributed by atoms with E-state index in [1.807, 2.05) is 6.92 Å². The first-order valence-corrected chi connectivity index (χ1v) is 6.94. The van der Waals surface area contributed by atoms with Crippen molar-refractivity contribution in [3.8, 4) is 6.01 Å². The van der Waals surface area contributed by atoms with Crippen LogP contribution < -0.4 is 15.6 Å². The van der Waals surface area contributed by atoms with E-state index in [1.54, 1.807) is 19.1 Å². The van der Waals surface area contributed by atoms with Crippen molar-refractivity contribution in [3.05, 3.63) is 45.0 Å². The highest BCUT2D eigenvalue weighted by Gasteiger charge is 2.11. The maximum absolute atomic E-state index is 12.1. The van der Waals surface area contributed by atoms with Crippen molar-refractivity contribution in [2.75, 3.05) is 19.0 Å². The second-order valence-corrected chi connectivity index (χ2v) is 4.87. The van der Waals surface area contributed by atoms with Crippen molar-refractivity contribution in [1.29, 1.82) is 0 Å². The number of aromatic nitrogens is 3. The Morgan fingerprint density at radius 2 is 2.14 bits per heavy atom. The molecule has 6 nitrogen and oxygen atoms in total. The number of ether oxygens (including phenoxy) is 1. The molecule has 2 heterocycles. The third-order valence-electron chi connectivity index (χ3n) is 2.87. The number of halogens is 1. The van der Waals surface area contributed by atoms with Gasteiger partial charge >= 0.3 is 0 Å². The molecule has 112 valence electrons. The molecule has 0 aliphatic rings. The maximum Gasteiger partial charge on any atom is 0.299 e. The van der Waals surface area contributed by atoms with E-state index in [0.717, 1.165) is 6.54 Å². The summed E-state index contributed by atoms with van der Waals surface area (Å²) < 4.78 is 6.56.